The summed E-state index contributed by atoms with van der Waals surface area (Å²) in [5.74, 6) is -0.510. The van der Waals surface area contributed by atoms with E-state index in [1.54, 1.807) is 0 Å². The van der Waals surface area contributed by atoms with Crippen LogP contribution in [0.4, 0.5) is 10.1 Å². The quantitative estimate of drug-likeness (QED) is 0.330. The van der Waals surface area contributed by atoms with Crippen molar-refractivity contribution >= 4 is 55.8 Å². The Kier molecular flexibility index (Phi) is 2.99. The first kappa shape index (κ1) is 9.54. The van der Waals surface area contributed by atoms with Crippen LogP contribution in [0.1, 0.15) is 0 Å². The summed E-state index contributed by atoms with van der Waals surface area (Å²) in [5, 5.41) is 0.0791. The lowest BCUT2D eigenvalue weighted by Gasteiger charge is -2.03. The average molecular weight is 350 g/mol. The van der Waals surface area contributed by atoms with E-state index in [9.17, 15) is 4.39 Å². The van der Waals surface area contributed by atoms with Crippen molar-refractivity contribution in [1.29, 1.82) is 0 Å². The zero-order valence-electron chi connectivity index (χ0n) is 5.17. The van der Waals surface area contributed by atoms with Crippen LogP contribution in [0.3, 0.4) is 0 Å². The molecule has 0 spiro atoms. The van der Waals surface area contributed by atoms with Crippen LogP contribution in [-0.4, -0.2) is 0 Å². The first-order chi connectivity index (χ1) is 5.04. The van der Waals surface area contributed by atoms with E-state index in [0.717, 1.165) is 3.57 Å². The Morgan fingerprint density at radius 1 is 1.64 bits per heavy atom. The molecule has 2 N–H and O–H groups in total. The number of nitrogen functional groups attached to an aromatic ring is 1. The SMILES string of the molecule is Nc1c(I)cc(Cl)c(F)c1Br. The monoisotopic (exact) mass is 349 g/mol. The molecule has 5 heteroatoms. The van der Waals surface area contributed by atoms with Gasteiger partial charge in [0.15, 0.2) is 5.82 Å². The third-order valence-electron chi connectivity index (χ3n) is 1.15. The van der Waals surface area contributed by atoms with Gasteiger partial charge in [0.1, 0.15) is 0 Å². The fraction of sp³-hybridized carbons (Fsp3) is 0. The van der Waals surface area contributed by atoms with Crippen molar-refractivity contribution in [3.63, 3.8) is 0 Å². The van der Waals surface area contributed by atoms with Gasteiger partial charge in [-0.05, 0) is 44.6 Å². The predicted molar refractivity (Wildman–Crippen MR) is 56.2 cm³/mol. The van der Waals surface area contributed by atoms with E-state index in [1.165, 1.54) is 6.07 Å². The maximum absolute atomic E-state index is 12.9. The molecule has 0 saturated carbocycles. The molecule has 0 radical (unpaired) electrons. The minimum Gasteiger partial charge on any atom is -0.397 e. The van der Waals surface area contributed by atoms with Gasteiger partial charge in [0.25, 0.3) is 0 Å². The zero-order chi connectivity index (χ0) is 8.59. The van der Waals surface area contributed by atoms with Crippen LogP contribution < -0.4 is 5.73 Å². The molecule has 0 atom stereocenters. The molecule has 0 bridgehead atoms. The number of rotatable bonds is 0. The molecule has 0 fully saturated rings. The summed E-state index contributed by atoms with van der Waals surface area (Å²) >= 11 is 10.5. The van der Waals surface area contributed by atoms with Crippen molar-refractivity contribution in [2.75, 3.05) is 5.73 Å². The Labute approximate surface area is 90.4 Å². The Hall–Kier alpha value is 0.450. The van der Waals surface area contributed by atoms with E-state index in [4.69, 9.17) is 17.3 Å². The normalized spacial score (nSPS) is 10.2. The summed E-state index contributed by atoms with van der Waals surface area (Å²) in [7, 11) is 0. The van der Waals surface area contributed by atoms with Crippen LogP contribution in [0, 0.1) is 9.39 Å². The molecule has 1 rings (SSSR count). The highest BCUT2D eigenvalue weighted by molar-refractivity contribution is 14.1. The molecule has 1 aromatic carbocycles. The third kappa shape index (κ3) is 1.78. The second-order valence-electron chi connectivity index (χ2n) is 1.88. The molecule has 0 unspecified atom stereocenters. The van der Waals surface area contributed by atoms with Crippen molar-refractivity contribution in [3.05, 3.63) is 24.9 Å². The topological polar surface area (TPSA) is 26.0 Å². The van der Waals surface area contributed by atoms with E-state index >= 15 is 0 Å². The van der Waals surface area contributed by atoms with Gasteiger partial charge in [-0.3, -0.25) is 0 Å². The number of hydrogen-bond donors (Lipinski definition) is 1. The van der Waals surface area contributed by atoms with E-state index in [1.807, 2.05) is 22.6 Å². The molecule has 1 aromatic rings. The average Bonchev–Trinajstić information content (AvgIpc) is 1.97. The molecule has 0 heterocycles. The van der Waals surface area contributed by atoms with Gasteiger partial charge in [0.05, 0.1) is 15.2 Å². The van der Waals surface area contributed by atoms with Crippen molar-refractivity contribution in [2.24, 2.45) is 0 Å². The Morgan fingerprint density at radius 3 is 2.73 bits per heavy atom. The second kappa shape index (κ2) is 3.45. The maximum atomic E-state index is 12.9. The Balaban J connectivity index is 3.46. The number of halogens is 4. The summed E-state index contributed by atoms with van der Waals surface area (Å²) in [5.41, 5.74) is 5.88. The Morgan fingerprint density at radius 2 is 2.18 bits per heavy atom. The minimum absolute atomic E-state index is 0.0791. The number of nitrogens with two attached hydrogens (primary N) is 1. The third-order valence-corrected chi connectivity index (χ3v) is 3.09. The van der Waals surface area contributed by atoms with Crippen LogP contribution in [-0.2, 0) is 0 Å². The minimum atomic E-state index is -0.510. The van der Waals surface area contributed by atoms with Gasteiger partial charge in [-0.1, -0.05) is 11.6 Å². The highest BCUT2D eigenvalue weighted by Gasteiger charge is 2.10. The van der Waals surface area contributed by atoms with Crippen molar-refractivity contribution in [1.82, 2.24) is 0 Å². The summed E-state index contributed by atoms with van der Waals surface area (Å²) in [6, 6.07) is 1.48. The molecule has 0 aliphatic heterocycles. The highest BCUT2D eigenvalue weighted by atomic mass is 127. The summed E-state index contributed by atoms with van der Waals surface area (Å²) in [4.78, 5) is 0. The summed E-state index contributed by atoms with van der Waals surface area (Å²) in [6.07, 6.45) is 0. The molecule has 60 valence electrons. The number of benzene rings is 1. The largest absolute Gasteiger partial charge is 0.397 e. The lowest BCUT2D eigenvalue weighted by molar-refractivity contribution is 0.622. The summed E-state index contributed by atoms with van der Waals surface area (Å²) in [6.45, 7) is 0. The summed E-state index contributed by atoms with van der Waals surface area (Å²) < 4.78 is 13.9. The van der Waals surface area contributed by atoms with Gasteiger partial charge in [-0.15, -0.1) is 0 Å². The molecular weight excluding hydrogens is 347 g/mol. The van der Waals surface area contributed by atoms with E-state index in [2.05, 4.69) is 15.9 Å². The van der Waals surface area contributed by atoms with Crippen molar-refractivity contribution in [3.8, 4) is 0 Å². The fourth-order valence-electron chi connectivity index (χ4n) is 0.580. The van der Waals surface area contributed by atoms with Crippen molar-refractivity contribution in [2.45, 2.75) is 0 Å². The van der Waals surface area contributed by atoms with Gasteiger partial charge in [0, 0.05) is 3.57 Å². The van der Waals surface area contributed by atoms with Crippen LogP contribution in [0.5, 0.6) is 0 Å². The maximum Gasteiger partial charge on any atom is 0.158 e. The van der Waals surface area contributed by atoms with Gasteiger partial charge < -0.3 is 5.73 Å². The molecule has 1 nitrogen and oxygen atoms in total. The number of hydrogen-bond acceptors (Lipinski definition) is 1. The predicted octanol–water partition coefficient (Wildman–Crippen LogP) is 3.43. The molecule has 11 heavy (non-hydrogen) atoms. The molecule has 0 aromatic heterocycles. The fourth-order valence-corrected chi connectivity index (χ4v) is 2.46. The molecular formula is C6H3BrClFIN. The van der Waals surface area contributed by atoms with Gasteiger partial charge in [-0.2, -0.15) is 0 Å². The first-order valence-corrected chi connectivity index (χ1v) is 4.87. The van der Waals surface area contributed by atoms with Gasteiger partial charge >= 0.3 is 0 Å². The molecule has 0 saturated heterocycles. The Bertz CT molecular complexity index is 279. The zero-order valence-corrected chi connectivity index (χ0v) is 9.67. The van der Waals surface area contributed by atoms with Crippen LogP contribution in [0.25, 0.3) is 0 Å². The van der Waals surface area contributed by atoms with E-state index in [0.29, 0.717) is 5.69 Å². The molecule has 0 amide bonds. The van der Waals surface area contributed by atoms with Crippen LogP contribution in [0.15, 0.2) is 10.5 Å². The van der Waals surface area contributed by atoms with Crippen LogP contribution in [0.2, 0.25) is 5.02 Å². The molecule has 0 aliphatic carbocycles. The standard InChI is InChI=1S/C6H3BrClFIN/c7-4-5(9)2(8)1-3(10)6(4)11/h1H,11H2. The van der Waals surface area contributed by atoms with E-state index in [-0.39, 0.29) is 9.50 Å². The second-order valence-corrected chi connectivity index (χ2v) is 4.24. The van der Waals surface area contributed by atoms with Gasteiger partial charge in [0.2, 0.25) is 0 Å². The highest BCUT2D eigenvalue weighted by Crippen LogP contribution is 2.32. The first-order valence-electron chi connectivity index (χ1n) is 2.62. The smallest absolute Gasteiger partial charge is 0.158 e. The lowest BCUT2D eigenvalue weighted by atomic mass is 10.3. The lowest BCUT2D eigenvalue weighted by Crippen LogP contribution is -1.94. The van der Waals surface area contributed by atoms with Crippen molar-refractivity contribution < 1.29 is 4.39 Å². The van der Waals surface area contributed by atoms with Gasteiger partial charge in [-0.25, -0.2) is 4.39 Å². The van der Waals surface area contributed by atoms with Crippen LogP contribution >= 0.6 is 50.1 Å². The van der Waals surface area contributed by atoms with E-state index < -0.39 is 5.82 Å². The molecule has 0 aliphatic rings. The number of anilines is 1.